The van der Waals surface area contributed by atoms with Crippen LogP contribution in [-0.2, 0) is 6.54 Å². The molecule has 72 valence electrons. The summed E-state index contributed by atoms with van der Waals surface area (Å²) in [6.45, 7) is 2.86. The second kappa shape index (κ2) is 3.64. The molecular formula is C11H14N3+. The number of nitrogens with zero attached hydrogens (tertiary/aromatic N) is 2. The van der Waals surface area contributed by atoms with Crippen LogP contribution >= 0.6 is 0 Å². The van der Waals surface area contributed by atoms with Crippen LogP contribution in [0.15, 0.2) is 36.7 Å². The van der Waals surface area contributed by atoms with Crippen molar-refractivity contribution in [2.75, 3.05) is 0 Å². The lowest BCUT2D eigenvalue weighted by molar-refractivity contribution is -0.386. The van der Waals surface area contributed by atoms with Gasteiger partial charge in [0.1, 0.15) is 6.54 Å². The summed E-state index contributed by atoms with van der Waals surface area (Å²) in [5.74, 6) is 0. The summed E-state index contributed by atoms with van der Waals surface area (Å²) < 4.78 is 1.88. The number of hydrogen-bond acceptors (Lipinski definition) is 1. The van der Waals surface area contributed by atoms with Crippen molar-refractivity contribution in [2.24, 2.45) is 0 Å². The van der Waals surface area contributed by atoms with E-state index in [2.05, 4.69) is 29.9 Å². The van der Waals surface area contributed by atoms with Gasteiger partial charge < -0.3 is 5.73 Å². The summed E-state index contributed by atoms with van der Waals surface area (Å²) in [6, 6.07) is 8.28. The molecule has 0 radical (unpaired) electrons. The molecule has 1 aromatic heterocycles. The quantitative estimate of drug-likeness (QED) is 0.748. The Bertz CT molecular complexity index is 432. The van der Waals surface area contributed by atoms with Crippen molar-refractivity contribution < 1.29 is 5.73 Å². The van der Waals surface area contributed by atoms with Crippen LogP contribution in [0, 0.1) is 6.92 Å². The van der Waals surface area contributed by atoms with E-state index in [0.29, 0.717) is 0 Å². The predicted octanol–water partition coefficient (Wildman–Crippen LogP) is 0.923. The zero-order valence-electron chi connectivity index (χ0n) is 8.27. The highest BCUT2D eigenvalue weighted by Gasteiger charge is 1.99. The molecule has 3 heteroatoms. The zero-order chi connectivity index (χ0) is 9.97. The third-order valence-electron chi connectivity index (χ3n) is 2.19. The van der Waals surface area contributed by atoms with Gasteiger partial charge in [0.25, 0.3) is 0 Å². The van der Waals surface area contributed by atoms with Gasteiger partial charge in [-0.3, -0.25) is 0 Å². The largest absolute Gasteiger partial charge is 0.354 e. The third-order valence-corrected chi connectivity index (χ3v) is 2.19. The van der Waals surface area contributed by atoms with E-state index in [1.807, 2.05) is 29.2 Å². The number of aromatic nitrogens is 2. The molecule has 14 heavy (non-hydrogen) atoms. The Morgan fingerprint density at radius 3 is 2.93 bits per heavy atom. The molecule has 0 bridgehead atoms. The Morgan fingerprint density at radius 1 is 1.43 bits per heavy atom. The van der Waals surface area contributed by atoms with Crippen molar-refractivity contribution in [1.82, 2.24) is 9.78 Å². The number of hydrogen-bond donors (Lipinski definition) is 1. The normalized spacial score (nSPS) is 10.4. The molecule has 1 heterocycles. The summed E-state index contributed by atoms with van der Waals surface area (Å²) in [4.78, 5) is 0. The molecule has 0 fully saturated rings. The fourth-order valence-electron chi connectivity index (χ4n) is 1.40. The van der Waals surface area contributed by atoms with Gasteiger partial charge in [-0.2, -0.15) is 5.10 Å². The van der Waals surface area contributed by atoms with Gasteiger partial charge in [-0.15, -0.1) is 0 Å². The highest BCUT2D eigenvalue weighted by Crippen LogP contribution is 2.09. The highest BCUT2D eigenvalue weighted by molar-refractivity contribution is 5.34. The molecule has 3 nitrogen and oxygen atoms in total. The first-order chi connectivity index (χ1) is 6.79. The van der Waals surface area contributed by atoms with Gasteiger partial charge in [-0.25, -0.2) is 4.68 Å². The van der Waals surface area contributed by atoms with Crippen molar-refractivity contribution >= 4 is 0 Å². The molecule has 0 amide bonds. The van der Waals surface area contributed by atoms with E-state index >= 15 is 0 Å². The lowest BCUT2D eigenvalue weighted by atomic mass is 10.2. The first kappa shape index (κ1) is 8.97. The Labute approximate surface area is 83.2 Å². The number of rotatable bonds is 2. The molecule has 0 aliphatic rings. The molecule has 1 aromatic carbocycles. The minimum absolute atomic E-state index is 0.784. The maximum Gasteiger partial charge on any atom is 0.103 e. The lowest BCUT2D eigenvalue weighted by Gasteiger charge is -2.01. The predicted molar refractivity (Wildman–Crippen MR) is 54.9 cm³/mol. The Hall–Kier alpha value is -1.61. The van der Waals surface area contributed by atoms with E-state index in [-0.39, 0.29) is 0 Å². The lowest BCUT2D eigenvalue weighted by Crippen LogP contribution is -2.47. The SMILES string of the molecule is Cc1cccc(-n2cc(C[NH3+])cn2)c1. The van der Waals surface area contributed by atoms with Gasteiger partial charge in [0, 0.05) is 11.8 Å². The molecule has 0 saturated carbocycles. The summed E-state index contributed by atoms with van der Waals surface area (Å²) in [6.07, 6.45) is 3.87. The first-order valence-corrected chi connectivity index (χ1v) is 4.69. The van der Waals surface area contributed by atoms with E-state index in [1.165, 1.54) is 5.56 Å². The van der Waals surface area contributed by atoms with Crippen molar-refractivity contribution in [3.8, 4) is 5.69 Å². The van der Waals surface area contributed by atoms with Crippen molar-refractivity contribution in [1.29, 1.82) is 0 Å². The van der Waals surface area contributed by atoms with Crippen molar-refractivity contribution in [2.45, 2.75) is 13.5 Å². The Kier molecular flexibility index (Phi) is 2.33. The maximum atomic E-state index is 4.28. The Morgan fingerprint density at radius 2 is 2.29 bits per heavy atom. The molecule has 0 atom stereocenters. The second-order valence-corrected chi connectivity index (χ2v) is 3.38. The second-order valence-electron chi connectivity index (χ2n) is 3.38. The van der Waals surface area contributed by atoms with Crippen LogP contribution in [0.3, 0.4) is 0 Å². The summed E-state index contributed by atoms with van der Waals surface area (Å²) in [5.41, 5.74) is 7.33. The molecule has 0 saturated heterocycles. The van der Waals surface area contributed by atoms with Crippen LogP contribution in [-0.4, -0.2) is 9.78 Å². The van der Waals surface area contributed by atoms with E-state index in [0.717, 1.165) is 17.8 Å². The van der Waals surface area contributed by atoms with Gasteiger partial charge >= 0.3 is 0 Å². The fraction of sp³-hybridized carbons (Fsp3) is 0.182. The van der Waals surface area contributed by atoms with E-state index < -0.39 is 0 Å². The monoisotopic (exact) mass is 188 g/mol. The summed E-state index contributed by atoms with van der Waals surface area (Å²) in [5, 5.41) is 4.28. The van der Waals surface area contributed by atoms with E-state index in [4.69, 9.17) is 0 Å². The van der Waals surface area contributed by atoms with Gasteiger partial charge in [-0.1, -0.05) is 12.1 Å². The summed E-state index contributed by atoms with van der Waals surface area (Å²) in [7, 11) is 0. The average Bonchev–Trinajstić information content (AvgIpc) is 2.66. The van der Waals surface area contributed by atoms with Gasteiger partial charge in [-0.05, 0) is 24.6 Å². The van der Waals surface area contributed by atoms with E-state index in [9.17, 15) is 0 Å². The molecule has 0 aliphatic carbocycles. The van der Waals surface area contributed by atoms with Crippen LogP contribution in [0.1, 0.15) is 11.1 Å². The van der Waals surface area contributed by atoms with Crippen molar-refractivity contribution in [3.05, 3.63) is 47.8 Å². The first-order valence-electron chi connectivity index (χ1n) is 4.69. The van der Waals surface area contributed by atoms with E-state index in [1.54, 1.807) is 0 Å². The van der Waals surface area contributed by atoms with Crippen LogP contribution in [0.4, 0.5) is 0 Å². The van der Waals surface area contributed by atoms with Crippen LogP contribution in [0.25, 0.3) is 5.69 Å². The standard InChI is InChI=1S/C11H13N3/c1-9-3-2-4-11(5-9)14-8-10(6-12)7-13-14/h2-5,7-8H,6,12H2,1H3/p+1. The molecule has 0 aliphatic heterocycles. The van der Waals surface area contributed by atoms with Crippen LogP contribution in [0.5, 0.6) is 0 Å². The summed E-state index contributed by atoms with van der Waals surface area (Å²) >= 11 is 0. The van der Waals surface area contributed by atoms with Gasteiger partial charge in [0.2, 0.25) is 0 Å². The van der Waals surface area contributed by atoms with Gasteiger partial charge in [0.15, 0.2) is 0 Å². The molecule has 0 unspecified atom stereocenters. The van der Waals surface area contributed by atoms with Crippen LogP contribution < -0.4 is 5.73 Å². The molecule has 2 aromatic rings. The molecular weight excluding hydrogens is 174 g/mol. The van der Waals surface area contributed by atoms with Crippen molar-refractivity contribution in [3.63, 3.8) is 0 Å². The zero-order valence-corrected chi connectivity index (χ0v) is 8.27. The smallest absolute Gasteiger partial charge is 0.103 e. The Balaban J connectivity index is 2.39. The minimum atomic E-state index is 0.784. The molecule has 0 spiro atoms. The maximum absolute atomic E-state index is 4.28. The molecule has 2 rings (SSSR count). The molecule has 3 N–H and O–H groups in total. The highest BCUT2D eigenvalue weighted by atomic mass is 15.3. The topological polar surface area (TPSA) is 45.5 Å². The fourth-order valence-corrected chi connectivity index (χ4v) is 1.40. The number of benzene rings is 1. The minimum Gasteiger partial charge on any atom is -0.354 e. The van der Waals surface area contributed by atoms with Gasteiger partial charge in [0.05, 0.1) is 11.9 Å². The van der Waals surface area contributed by atoms with Crippen LogP contribution in [0.2, 0.25) is 0 Å². The third kappa shape index (κ3) is 1.67. The number of aryl methyl sites for hydroxylation is 1. The average molecular weight is 188 g/mol. The number of quaternary nitrogens is 1.